The maximum absolute atomic E-state index is 12.8. The van der Waals surface area contributed by atoms with Crippen LogP contribution in [0.1, 0.15) is 33.6 Å². The minimum Gasteiger partial charge on any atom is -0.465 e. The third-order valence-corrected chi connectivity index (χ3v) is 4.78. The predicted octanol–water partition coefficient (Wildman–Crippen LogP) is 1.77. The minimum atomic E-state index is -0.606. The monoisotopic (exact) mass is 307 g/mol. The number of unbranched alkanes of at least 4 members (excludes halogenated alkanes) is 1. The second-order valence-corrected chi connectivity index (χ2v) is 7.03. The molecule has 0 aromatic rings. The predicted molar refractivity (Wildman–Crippen MR) is 81.0 cm³/mol. The molecular formula is C17H25NO4. The Labute approximate surface area is 131 Å². The maximum atomic E-state index is 12.8. The van der Waals surface area contributed by atoms with Crippen molar-refractivity contribution < 1.29 is 19.1 Å². The lowest BCUT2D eigenvalue weighted by Crippen LogP contribution is -2.40. The van der Waals surface area contributed by atoms with Crippen LogP contribution in [0.3, 0.4) is 0 Å². The van der Waals surface area contributed by atoms with Crippen molar-refractivity contribution in [3.05, 3.63) is 12.2 Å². The topological polar surface area (TPSA) is 55.8 Å². The zero-order chi connectivity index (χ0) is 15.9. The Hall–Kier alpha value is -1.36. The van der Waals surface area contributed by atoms with Crippen molar-refractivity contribution in [1.82, 2.24) is 4.90 Å². The number of hydrogen-bond acceptors (Lipinski definition) is 4. The van der Waals surface area contributed by atoms with E-state index in [0.717, 1.165) is 12.8 Å². The van der Waals surface area contributed by atoms with Crippen LogP contribution in [0.4, 0.5) is 0 Å². The first-order valence-electron chi connectivity index (χ1n) is 8.31. The lowest BCUT2D eigenvalue weighted by atomic mass is 9.77. The van der Waals surface area contributed by atoms with Crippen molar-refractivity contribution in [3.63, 3.8) is 0 Å². The second kappa shape index (κ2) is 5.69. The van der Waals surface area contributed by atoms with Gasteiger partial charge in [-0.2, -0.15) is 0 Å². The average Bonchev–Trinajstić information content (AvgIpc) is 3.07. The molecule has 4 atom stereocenters. The Bertz CT molecular complexity index is 501. The van der Waals surface area contributed by atoms with Gasteiger partial charge < -0.3 is 14.4 Å². The highest BCUT2D eigenvalue weighted by Crippen LogP contribution is 2.52. The number of carbonyl (C=O) groups excluding carboxylic acids is 2. The summed E-state index contributed by atoms with van der Waals surface area (Å²) in [6, 6.07) is 0. The molecule has 3 heterocycles. The highest BCUT2D eigenvalue weighted by molar-refractivity contribution is 5.91. The number of amides is 1. The molecule has 3 aliphatic rings. The van der Waals surface area contributed by atoms with Crippen LogP contribution in [0, 0.1) is 17.8 Å². The third-order valence-electron chi connectivity index (χ3n) is 4.78. The van der Waals surface area contributed by atoms with Gasteiger partial charge in [-0.15, -0.1) is 0 Å². The summed E-state index contributed by atoms with van der Waals surface area (Å²) in [5.41, 5.74) is -0.606. The summed E-state index contributed by atoms with van der Waals surface area (Å²) in [7, 11) is 0. The number of carbonyl (C=O) groups is 2. The third kappa shape index (κ3) is 2.35. The Balaban J connectivity index is 1.76. The molecule has 0 N–H and O–H groups in total. The van der Waals surface area contributed by atoms with Gasteiger partial charge in [0.15, 0.2) is 0 Å². The zero-order valence-electron chi connectivity index (χ0n) is 13.6. The molecule has 122 valence electrons. The van der Waals surface area contributed by atoms with E-state index in [4.69, 9.17) is 9.47 Å². The molecule has 22 heavy (non-hydrogen) atoms. The lowest BCUT2D eigenvalue weighted by molar-refractivity contribution is -0.154. The number of nitrogens with zero attached hydrogens (tertiary/aromatic N) is 1. The van der Waals surface area contributed by atoms with Gasteiger partial charge in [-0.05, 0) is 12.3 Å². The standard InChI is InChI=1S/C17H25NO4/c1-4-5-8-21-16(20)13-12-6-7-17(22-12)10-18(9-11(2)3)15(19)14(13)17/h6-7,11-14H,4-5,8-10H2,1-3H3. The van der Waals surface area contributed by atoms with E-state index in [1.807, 2.05) is 17.1 Å². The smallest absolute Gasteiger partial charge is 0.312 e. The van der Waals surface area contributed by atoms with Crippen LogP contribution in [-0.4, -0.2) is 48.2 Å². The first-order valence-corrected chi connectivity index (χ1v) is 8.31. The number of likely N-dealkylation sites (tertiary alicyclic amines) is 1. The number of rotatable bonds is 6. The summed E-state index contributed by atoms with van der Waals surface area (Å²) >= 11 is 0. The fraction of sp³-hybridized carbons (Fsp3) is 0.765. The number of ether oxygens (including phenoxy) is 2. The molecule has 0 aliphatic carbocycles. The van der Waals surface area contributed by atoms with Crippen molar-refractivity contribution in [1.29, 1.82) is 0 Å². The molecule has 4 unspecified atom stereocenters. The van der Waals surface area contributed by atoms with Gasteiger partial charge in [-0.1, -0.05) is 39.3 Å². The molecule has 1 spiro atoms. The summed E-state index contributed by atoms with van der Waals surface area (Å²) in [6.07, 6.45) is 5.43. The van der Waals surface area contributed by atoms with Gasteiger partial charge >= 0.3 is 5.97 Å². The minimum absolute atomic E-state index is 0.0398. The molecule has 0 radical (unpaired) electrons. The quantitative estimate of drug-likeness (QED) is 0.426. The molecule has 2 bridgehead atoms. The summed E-state index contributed by atoms with van der Waals surface area (Å²) in [4.78, 5) is 27.0. The Morgan fingerprint density at radius 1 is 1.55 bits per heavy atom. The number of fused-ring (bicyclic) bond motifs is 1. The molecule has 0 saturated carbocycles. The molecule has 3 aliphatic heterocycles. The first kappa shape index (κ1) is 15.5. The van der Waals surface area contributed by atoms with Crippen molar-refractivity contribution in [2.75, 3.05) is 19.7 Å². The molecule has 3 rings (SSSR count). The van der Waals surface area contributed by atoms with E-state index >= 15 is 0 Å². The summed E-state index contributed by atoms with van der Waals surface area (Å²) in [5.74, 6) is -0.732. The fourth-order valence-electron chi connectivity index (χ4n) is 3.86. The Morgan fingerprint density at radius 3 is 3.00 bits per heavy atom. The second-order valence-electron chi connectivity index (χ2n) is 7.03. The highest BCUT2D eigenvalue weighted by Gasteiger charge is 2.67. The van der Waals surface area contributed by atoms with Gasteiger partial charge in [-0.25, -0.2) is 0 Å². The van der Waals surface area contributed by atoms with Gasteiger partial charge in [0.05, 0.1) is 25.2 Å². The summed E-state index contributed by atoms with van der Waals surface area (Å²) < 4.78 is 11.4. The average molecular weight is 307 g/mol. The van der Waals surface area contributed by atoms with Crippen LogP contribution < -0.4 is 0 Å². The maximum Gasteiger partial charge on any atom is 0.312 e. The van der Waals surface area contributed by atoms with E-state index in [1.165, 1.54) is 0 Å². The van der Waals surface area contributed by atoms with Crippen LogP contribution in [-0.2, 0) is 19.1 Å². The van der Waals surface area contributed by atoms with Crippen LogP contribution >= 0.6 is 0 Å². The van der Waals surface area contributed by atoms with Gasteiger partial charge in [0.1, 0.15) is 11.5 Å². The van der Waals surface area contributed by atoms with Crippen molar-refractivity contribution >= 4 is 11.9 Å². The summed E-state index contributed by atoms with van der Waals surface area (Å²) in [5, 5.41) is 0. The van der Waals surface area contributed by atoms with E-state index < -0.39 is 17.4 Å². The van der Waals surface area contributed by atoms with E-state index in [0.29, 0.717) is 25.6 Å². The van der Waals surface area contributed by atoms with Crippen LogP contribution in [0.2, 0.25) is 0 Å². The Kier molecular flexibility index (Phi) is 4.02. The normalized spacial score (nSPS) is 35.5. The number of esters is 1. The van der Waals surface area contributed by atoms with Crippen LogP contribution in [0.25, 0.3) is 0 Å². The van der Waals surface area contributed by atoms with E-state index in [-0.39, 0.29) is 18.0 Å². The molecule has 0 aromatic heterocycles. The molecule has 2 saturated heterocycles. The van der Waals surface area contributed by atoms with Crippen molar-refractivity contribution in [3.8, 4) is 0 Å². The zero-order valence-corrected chi connectivity index (χ0v) is 13.6. The highest BCUT2D eigenvalue weighted by atomic mass is 16.6. The van der Waals surface area contributed by atoms with E-state index in [9.17, 15) is 9.59 Å². The van der Waals surface area contributed by atoms with Gasteiger partial charge in [0.2, 0.25) is 5.91 Å². The summed E-state index contributed by atoms with van der Waals surface area (Å²) in [6.45, 7) is 7.91. The largest absolute Gasteiger partial charge is 0.465 e. The van der Waals surface area contributed by atoms with E-state index in [1.54, 1.807) is 0 Å². The SMILES string of the molecule is CCCCOC(=O)C1C2C=CC3(CN(CC(C)C)C(=O)C13)O2. The van der Waals surface area contributed by atoms with Gasteiger partial charge in [-0.3, -0.25) is 9.59 Å². The molecule has 1 amide bonds. The van der Waals surface area contributed by atoms with Crippen molar-refractivity contribution in [2.45, 2.75) is 45.3 Å². The molecule has 5 heteroatoms. The van der Waals surface area contributed by atoms with Gasteiger partial charge in [0, 0.05) is 6.54 Å². The van der Waals surface area contributed by atoms with Crippen LogP contribution in [0.5, 0.6) is 0 Å². The molecule has 0 aromatic carbocycles. The Morgan fingerprint density at radius 2 is 2.32 bits per heavy atom. The first-order chi connectivity index (χ1) is 10.5. The number of hydrogen-bond donors (Lipinski definition) is 0. The molecule has 5 nitrogen and oxygen atoms in total. The molecular weight excluding hydrogens is 282 g/mol. The van der Waals surface area contributed by atoms with E-state index in [2.05, 4.69) is 20.8 Å². The fourth-order valence-corrected chi connectivity index (χ4v) is 3.86. The van der Waals surface area contributed by atoms with Crippen molar-refractivity contribution in [2.24, 2.45) is 17.8 Å². The lowest BCUT2D eigenvalue weighted by Gasteiger charge is -2.22. The van der Waals surface area contributed by atoms with Crippen LogP contribution in [0.15, 0.2) is 12.2 Å². The molecule has 2 fully saturated rings. The van der Waals surface area contributed by atoms with Gasteiger partial charge in [0.25, 0.3) is 0 Å².